The van der Waals surface area contributed by atoms with Gasteiger partial charge in [0, 0.05) is 12.6 Å². The normalized spacial score (nSPS) is 20.1. The Morgan fingerprint density at radius 1 is 1.25 bits per heavy atom. The summed E-state index contributed by atoms with van der Waals surface area (Å²) in [6.07, 6.45) is 4.39. The van der Waals surface area contributed by atoms with Crippen LogP contribution >= 0.6 is 11.6 Å². The van der Waals surface area contributed by atoms with Gasteiger partial charge >= 0.3 is 0 Å². The predicted molar refractivity (Wildman–Crippen MR) is 77.7 cm³/mol. The first-order valence-corrected chi connectivity index (χ1v) is 7.62. The number of fused-ring (bicyclic) bond motifs is 1. The SMILES string of the molecule is OC(CNC1CCCC1)c1cc(Cl)c2c(c1)OCCO2. The number of aliphatic hydroxyl groups excluding tert-OH is 1. The maximum atomic E-state index is 10.3. The van der Waals surface area contributed by atoms with E-state index in [0.29, 0.717) is 42.3 Å². The van der Waals surface area contributed by atoms with Crippen molar-refractivity contribution in [3.63, 3.8) is 0 Å². The molecule has 1 unspecified atom stereocenters. The number of aliphatic hydroxyl groups is 1. The summed E-state index contributed by atoms with van der Waals surface area (Å²) in [6.45, 7) is 1.57. The molecule has 2 N–H and O–H groups in total. The Bertz CT molecular complexity index is 474. The van der Waals surface area contributed by atoms with E-state index < -0.39 is 6.10 Å². The summed E-state index contributed by atoms with van der Waals surface area (Å²) < 4.78 is 11.0. The molecule has 1 aliphatic heterocycles. The molecule has 0 spiro atoms. The minimum Gasteiger partial charge on any atom is -0.486 e. The van der Waals surface area contributed by atoms with Crippen molar-refractivity contribution in [1.82, 2.24) is 5.32 Å². The number of halogens is 1. The van der Waals surface area contributed by atoms with Crippen LogP contribution in [0.4, 0.5) is 0 Å². The van der Waals surface area contributed by atoms with Gasteiger partial charge in [-0.2, -0.15) is 0 Å². The zero-order chi connectivity index (χ0) is 13.9. The Labute approximate surface area is 124 Å². The van der Waals surface area contributed by atoms with Crippen LogP contribution in [0.25, 0.3) is 0 Å². The number of ether oxygens (including phenoxy) is 2. The molecule has 4 nitrogen and oxygen atoms in total. The van der Waals surface area contributed by atoms with Gasteiger partial charge in [-0.1, -0.05) is 24.4 Å². The zero-order valence-electron chi connectivity index (χ0n) is 11.4. The molecule has 1 fully saturated rings. The second-order valence-electron chi connectivity index (χ2n) is 5.43. The summed E-state index contributed by atoms with van der Waals surface area (Å²) >= 11 is 6.18. The Morgan fingerprint density at radius 3 is 2.80 bits per heavy atom. The summed E-state index contributed by atoms with van der Waals surface area (Å²) in [5.41, 5.74) is 0.768. The van der Waals surface area contributed by atoms with Gasteiger partial charge in [0.25, 0.3) is 0 Å². The third kappa shape index (κ3) is 3.03. The van der Waals surface area contributed by atoms with Crippen molar-refractivity contribution in [2.45, 2.75) is 37.8 Å². The van der Waals surface area contributed by atoms with E-state index in [1.165, 1.54) is 25.7 Å². The first-order valence-electron chi connectivity index (χ1n) is 7.24. The highest BCUT2D eigenvalue weighted by Gasteiger charge is 2.21. The first-order chi connectivity index (χ1) is 9.74. The quantitative estimate of drug-likeness (QED) is 0.897. The summed E-state index contributed by atoms with van der Waals surface area (Å²) in [5, 5.41) is 14.2. The van der Waals surface area contributed by atoms with E-state index in [2.05, 4.69) is 5.32 Å². The topological polar surface area (TPSA) is 50.7 Å². The van der Waals surface area contributed by atoms with Crippen LogP contribution in [-0.4, -0.2) is 30.9 Å². The molecule has 1 aliphatic carbocycles. The third-order valence-corrected chi connectivity index (χ3v) is 4.24. The van der Waals surface area contributed by atoms with Crippen LogP contribution in [0.5, 0.6) is 11.5 Å². The molecular formula is C15H20ClNO3. The van der Waals surface area contributed by atoms with Gasteiger partial charge in [0.2, 0.25) is 0 Å². The second-order valence-corrected chi connectivity index (χ2v) is 5.84. The molecule has 0 bridgehead atoms. The van der Waals surface area contributed by atoms with E-state index in [4.69, 9.17) is 21.1 Å². The maximum absolute atomic E-state index is 10.3. The zero-order valence-corrected chi connectivity index (χ0v) is 12.2. The lowest BCUT2D eigenvalue weighted by Crippen LogP contribution is -2.30. The largest absolute Gasteiger partial charge is 0.486 e. The highest BCUT2D eigenvalue weighted by atomic mass is 35.5. The lowest BCUT2D eigenvalue weighted by molar-refractivity contribution is 0.161. The molecule has 1 heterocycles. The number of nitrogens with one attached hydrogen (secondary N) is 1. The molecule has 1 saturated carbocycles. The van der Waals surface area contributed by atoms with Crippen LogP contribution in [0.15, 0.2) is 12.1 Å². The van der Waals surface area contributed by atoms with Gasteiger partial charge in [-0.3, -0.25) is 0 Å². The summed E-state index contributed by atoms with van der Waals surface area (Å²) in [6, 6.07) is 4.12. The first kappa shape index (κ1) is 14.0. The molecule has 5 heteroatoms. The third-order valence-electron chi connectivity index (χ3n) is 3.96. The molecule has 20 heavy (non-hydrogen) atoms. The minimum atomic E-state index is -0.580. The van der Waals surface area contributed by atoms with Crippen molar-refractivity contribution in [1.29, 1.82) is 0 Å². The number of rotatable bonds is 4. The lowest BCUT2D eigenvalue weighted by atomic mass is 10.1. The summed E-state index contributed by atoms with van der Waals surface area (Å²) in [7, 11) is 0. The molecular weight excluding hydrogens is 278 g/mol. The number of benzene rings is 1. The van der Waals surface area contributed by atoms with E-state index in [0.717, 1.165) is 5.56 Å². The van der Waals surface area contributed by atoms with Crippen molar-refractivity contribution in [2.24, 2.45) is 0 Å². The molecule has 0 radical (unpaired) electrons. The van der Waals surface area contributed by atoms with Gasteiger partial charge in [0.05, 0.1) is 11.1 Å². The minimum absolute atomic E-state index is 0.497. The average Bonchev–Trinajstić information content (AvgIpc) is 2.98. The van der Waals surface area contributed by atoms with Gasteiger partial charge in [-0.15, -0.1) is 0 Å². The maximum Gasteiger partial charge on any atom is 0.179 e. The smallest absolute Gasteiger partial charge is 0.179 e. The summed E-state index contributed by atoms with van der Waals surface area (Å²) in [4.78, 5) is 0. The van der Waals surface area contributed by atoms with Crippen LogP contribution in [0.2, 0.25) is 5.02 Å². The van der Waals surface area contributed by atoms with Crippen LogP contribution < -0.4 is 14.8 Å². The molecule has 3 rings (SSSR count). The highest BCUT2D eigenvalue weighted by molar-refractivity contribution is 6.32. The number of hydrogen-bond donors (Lipinski definition) is 2. The van der Waals surface area contributed by atoms with E-state index in [1.54, 1.807) is 6.07 Å². The Morgan fingerprint density at radius 2 is 2.00 bits per heavy atom. The van der Waals surface area contributed by atoms with E-state index in [9.17, 15) is 5.11 Å². The standard InChI is InChI=1S/C15H20ClNO3/c16-12-7-10(8-14-15(12)20-6-5-19-14)13(18)9-17-11-3-1-2-4-11/h7-8,11,13,17-18H,1-6,9H2. The Hall–Kier alpha value is -0.970. The van der Waals surface area contributed by atoms with Gasteiger partial charge < -0.3 is 19.9 Å². The molecule has 0 amide bonds. The second kappa shape index (κ2) is 6.20. The van der Waals surface area contributed by atoms with Crippen LogP contribution in [-0.2, 0) is 0 Å². The molecule has 0 saturated heterocycles. The molecule has 1 atom stereocenters. The number of hydrogen-bond acceptors (Lipinski definition) is 4. The molecule has 1 aromatic carbocycles. The van der Waals surface area contributed by atoms with E-state index >= 15 is 0 Å². The summed E-state index contributed by atoms with van der Waals surface area (Å²) in [5.74, 6) is 1.20. The highest BCUT2D eigenvalue weighted by Crippen LogP contribution is 2.39. The fourth-order valence-electron chi connectivity index (χ4n) is 2.85. The van der Waals surface area contributed by atoms with Gasteiger partial charge in [0.1, 0.15) is 13.2 Å². The predicted octanol–water partition coefficient (Wildman–Crippen LogP) is 2.68. The van der Waals surface area contributed by atoms with Crippen molar-refractivity contribution >= 4 is 11.6 Å². The monoisotopic (exact) mass is 297 g/mol. The van der Waals surface area contributed by atoms with Crippen molar-refractivity contribution in [3.05, 3.63) is 22.7 Å². The molecule has 110 valence electrons. The van der Waals surface area contributed by atoms with Crippen LogP contribution in [0, 0.1) is 0 Å². The van der Waals surface area contributed by atoms with E-state index in [-0.39, 0.29) is 0 Å². The van der Waals surface area contributed by atoms with E-state index in [1.807, 2.05) is 6.07 Å². The fourth-order valence-corrected chi connectivity index (χ4v) is 3.12. The van der Waals surface area contributed by atoms with Gasteiger partial charge in [-0.05, 0) is 30.5 Å². The average molecular weight is 298 g/mol. The van der Waals surface area contributed by atoms with Crippen molar-refractivity contribution < 1.29 is 14.6 Å². The Balaban J connectivity index is 1.67. The van der Waals surface area contributed by atoms with Crippen molar-refractivity contribution in [2.75, 3.05) is 19.8 Å². The van der Waals surface area contributed by atoms with Crippen molar-refractivity contribution in [3.8, 4) is 11.5 Å². The molecule has 0 aromatic heterocycles. The van der Waals surface area contributed by atoms with Gasteiger partial charge in [-0.25, -0.2) is 0 Å². The van der Waals surface area contributed by atoms with Gasteiger partial charge in [0.15, 0.2) is 11.5 Å². The molecule has 1 aromatic rings. The fraction of sp³-hybridized carbons (Fsp3) is 0.600. The van der Waals surface area contributed by atoms with Crippen LogP contribution in [0.3, 0.4) is 0 Å². The Kier molecular flexibility index (Phi) is 4.34. The van der Waals surface area contributed by atoms with Crippen LogP contribution in [0.1, 0.15) is 37.4 Å². The lowest BCUT2D eigenvalue weighted by Gasteiger charge is -2.22. The molecule has 2 aliphatic rings.